The molecule has 1 saturated heterocycles. The highest BCUT2D eigenvalue weighted by Crippen LogP contribution is 2.23. The number of carbonyl (C=O) groups is 2. The summed E-state index contributed by atoms with van der Waals surface area (Å²) < 4.78 is 33.6. The van der Waals surface area contributed by atoms with Crippen LogP contribution in [-0.2, 0) is 19.6 Å². The molecule has 4 rings (SSSR count). The molecule has 2 heterocycles. The molecular weight excluding hydrogens is 560 g/mol. The van der Waals surface area contributed by atoms with Gasteiger partial charge in [0.1, 0.15) is 11.6 Å². The van der Waals surface area contributed by atoms with Crippen molar-refractivity contribution in [3.8, 4) is 0 Å². The number of carbonyl (C=O) groups excluding carboxylic acids is 2. The van der Waals surface area contributed by atoms with Gasteiger partial charge >= 0.3 is 5.97 Å². The summed E-state index contributed by atoms with van der Waals surface area (Å²) in [5.74, 6) is -0.866. The summed E-state index contributed by atoms with van der Waals surface area (Å²) in [6.07, 6.45) is 3.17. The number of sulfonamides is 1. The largest absolute Gasteiger partial charge is 0.459 e. The summed E-state index contributed by atoms with van der Waals surface area (Å²) in [4.78, 5) is 36.3. The molecule has 1 amide bonds. The Morgan fingerprint density at radius 3 is 2.45 bits per heavy atom. The van der Waals surface area contributed by atoms with Crippen LogP contribution in [0.1, 0.15) is 37.6 Å². The van der Waals surface area contributed by atoms with Gasteiger partial charge in [0.25, 0.3) is 5.91 Å². The topological polar surface area (TPSA) is 163 Å². The molecule has 13 heteroatoms. The number of anilines is 2. The lowest BCUT2D eigenvalue weighted by Crippen LogP contribution is -2.50. The SMILES string of the molecule is CC(C)(C)OC(=O)C(CNC(=O)c1cccc(N2CCC(Nc3ncccn3)[C@@H](O)C2)c1)NS(=O)(=O)c1ccccc1. The van der Waals surface area contributed by atoms with Crippen LogP contribution in [0.3, 0.4) is 0 Å². The van der Waals surface area contributed by atoms with Gasteiger partial charge in [-0.2, -0.15) is 4.72 Å². The molecule has 1 aliphatic rings. The van der Waals surface area contributed by atoms with Gasteiger partial charge in [-0.25, -0.2) is 18.4 Å². The lowest BCUT2D eigenvalue weighted by atomic mass is 10.0. The monoisotopic (exact) mass is 596 g/mol. The number of aromatic nitrogens is 2. The highest BCUT2D eigenvalue weighted by Gasteiger charge is 2.31. The Bertz CT molecular complexity index is 1470. The zero-order chi connectivity index (χ0) is 30.3. The van der Waals surface area contributed by atoms with Gasteiger partial charge in [-0.05, 0) is 63.6 Å². The Balaban J connectivity index is 1.41. The first kappa shape index (κ1) is 30.9. The quantitative estimate of drug-likeness (QED) is 0.255. The van der Waals surface area contributed by atoms with Crippen molar-refractivity contribution in [3.05, 3.63) is 78.6 Å². The average molecular weight is 597 g/mol. The minimum Gasteiger partial charge on any atom is -0.459 e. The summed E-state index contributed by atoms with van der Waals surface area (Å²) in [7, 11) is -4.07. The van der Waals surface area contributed by atoms with Crippen molar-refractivity contribution in [1.29, 1.82) is 0 Å². The molecule has 0 saturated carbocycles. The number of rotatable bonds is 10. The summed E-state index contributed by atoms with van der Waals surface area (Å²) in [5, 5.41) is 16.6. The normalized spacial score (nSPS) is 18.1. The van der Waals surface area contributed by atoms with Crippen LogP contribution in [0.25, 0.3) is 0 Å². The Kier molecular flexibility index (Phi) is 9.76. The van der Waals surface area contributed by atoms with Gasteiger partial charge in [0, 0.05) is 43.3 Å². The van der Waals surface area contributed by atoms with E-state index in [4.69, 9.17) is 4.74 Å². The van der Waals surface area contributed by atoms with Gasteiger partial charge in [0.05, 0.1) is 17.0 Å². The van der Waals surface area contributed by atoms with E-state index in [2.05, 4.69) is 25.3 Å². The maximum atomic E-state index is 13.1. The number of hydrogen-bond acceptors (Lipinski definition) is 10. The van der Waals surface area contributed by atoms with Crippen LogP contribution < -0.4 is 20.3 Å². The van der Waals surface area contributed by atoms with Gasteiger partial charge in [-0.1, -0.05) is 24.3 Å². The third-order valence-electron chi connectivity index (χ3n) is 6.44. The van der Waals surface area contributed by atoms with Crippen LogP contribution in [-0.4, -0.2) is 78.8 Å². The first-order valence-corrected chi connectivity index (χ1v) is 15.0. The van der Waals surface area contributed by atoms with Gasteiger partial charge in [0.15, 0.2) is 0 Å². The lowest BCUT2D eigenvalue weighted by molar-refractivity contribution is -0.156. The van der Waals surface area contributed by atoms with Crippen molar-refractivity contribution in [2.45, 2.75) is 55.9 Å². The van der Waals surface area contributed by atoms with E-state index in [9.17, 15) is 23.1 Å². The molecular formula is C29H36N6O6S. The van der Waals surface area contributed by atoms with Crippen molar-refractivity contribution in [2.75, 3.05) is 29.9 Å². The Hall–Kier alpha value is -4.07. The highest BCUT2D eigenvalue weighted by molar-refractivity contribution is 7.89. The second kappa shape index (κ2) is 13.3. The second-order valence-electron chi connectivity index (χ2n) is 10.9. The molecule has 2 aromatic carbocycles. The van der Waals surface area contributed by atoms with E-state index < -0.39 is 39.6 Å². The van der Waals surface area contributed by atoms with Crippen molar-refractivity contribution in [1.82, 2.24) is 20.0 Å². The fraction of sp³-hybridized carbons (Fsp3) is 0.379. The van der Waals surface area contributed by atoms with E-state index in [1.54, 1.807) is 75.6 Å². The third-order valence-corrected chi connectivity index (χ3v) is 7.93. The molecule has 3 aromatic rings. The fourth-order valence-electron chi connectivity index (χ4n) is 4.42. The second-order valence-corrected chi connectivity index (χ2v) is 12.6. The number of ether oxygens (including phenoxy) is 1. The van der Waals surface area contributed by atoms with Crippen molar-refractivity contribution in [3.63, 3.8) is 0 Å². The molecule has 42 heavy (non-hydrogen) atoms. The van der Waals surface area contributed by atoms with Crippen molar-refractivity contribution in [2.24, 2.45) is 0 Å². The summed E-state index contributed by atoms with van der Waals surface area (Å²) in [6, 6.07) is 14.6. The molecule has 3 atom stereocenters. The minimum absolute atomic E-state index is 0.0185. The van der Waals surface area contributed by atoms with E-state index >= 15 is 0 Å². The number of piperidine rings is 1. The number of benzene rings is 2. The fourth-order valence-corrected chi connectivity index (χ4v) is 5.62. The average Bonchev–Trinajstić information content (AvgIpc) is 2.96. The number of nitrogens with one attached hydrogen (secondary N) is 3. The highest BCUT2D eigenvalue weighted by atomic mass is 32.2. The van der Waals surface area contributed by atoms with Crippen LogP contribution in [0, 0.1) is 0 Å². The molecule has 1 aromatic heterocycles. The van der Waals surface area contributed by atoms with E-state index in [0.29, 0.717) is 31.0 Å². The molecule has 4 N–H and O–H groups in total. The molecule has 1 fully saturated rings. The number of amides is 1. The number of aliphatic hydroxyl groups is 1. The Labute approximate surface area is 245 Å². The molecule has 1 aliphatic heterocycles. The van der Waals surface area contributed by atoms with Crippen LogP contribution in [0.4, 0.5) is 11.6 Å². The summed E-state index contributed by atoms with van der Waals surface area (Å²) in [5.41, 5.74) is 0.186. The maximum absolute atomic E-state index is 13.1. The van der Waals surface area contributed by atoms with Gasteiger partial charge in [0.2, 0.25) is 16.0 Å². The number of β-amino-alcohol motifs (C(OH)–C–C–N with tert-alkyl or cyclic N) is 1. The summed E-state index contributed by atoms with van der Waals surface area (Å²) >= 11 is 0. The first-order chi connectivity index (χ1) is 19.9. The number of aliphatic hydroxyl groups excluding tert-OH is 1. The smallest absolute Gasteiger partial charge is 0.326 e. The van der Waals surface area contributed by atoms with E-state index in [1.807, 2.05) is 11.0 Å². The molecule has 224 valence electrons. The Morgan fingerprint density at radius 1 is 1.07 bits per heavy atom. The van der Waals surface area contributed by atoms with Gasteiger partial charge in [-0.15, -0.1) is 0 Å². The Morgan fingerprint density at radius 2 is 1.79 bits per heavy atom. The third kappa shape index (κ3) is 8.47. The van der Waals surface area contributed by atoms with E-state index in [0.717, 1.165) is 5.69 Å². The van der Waals surface area contributed by atoms with Gasteiger partial charge < -0.3 is 25.4 Å². The predicted molar refractivity (Wildman–Crippen MR) is 157 cm³/mol. The zero-order valence-corrected chi connectivity index (χ0v) is 24.5. The predicted octanol–water partition coefficient (Wildman–Crippen LogP) is 1.95. The summed E-state index contributed by atoms with van der Waals surface area (Å²) in [6.45, 7) is 5.63. The number of nitrogens with zero attached hydrogens (tertiary/aromatic N) is 3. The lowest BCUT2D eigenvalue weighted by Gasteiger charge is -2.37. The number of hydrogen-bond donors (Lipinski definition) is 4. The zero-order valence-electron chi connectivity index (χ0n) is 23.7. The van der Waals surface area contributed by atoms with E-state index in [1.165, 1.54) is 12.1 Å². The maximum Gasteiger partial charge on any atom is 0.326 e. The van der Waals surface area contributed by atoms with Crippen molar-refractivity contribution >= 4 is 33.5 Å². The standard InChI is InChI=1S/C29H36N6O6S/c1-29(2,3)41-27(38)24(34-42(39,40)22-11-5-4-6-12-22)18-32-26(37)20-9-7-10-21(17-20)35-16-13-23(25(36)19-35)33-28-30-14-8-15-31-28/h4-12,14-15,17,23-25,34,36H,13,16,18-19H2,1-3H3,(H,32,37)(H,30,31,33)/t23?,24?,25-/m0/s1. The minimum atomic E-state index is -4.07. The first-order valence-electron chi connectivity index (χ1n) is 13.6. The molecule has 2 unspecified atom stereocenters. The van der Waals surface area contributed by atoms with Crippen LogP contribution in [0.2, 0.25) is 0 Å². The molecule has 0 radical (unpaired) electrons. The number of esters is 1. The van der Waals surface area contributed by atoms with Crippen molar-refractivity contribution < 1.29 is 27.9 Å². The van der Waals surface area contributed by atoms with Crippen LogP contribution >= 0.6 is 0 Å². The van der Waals surface area contributed by atoms with Gasteiger partial charge in [-0.3, -0.25) is 9.59 Å². The van der Waals surface area contributed by atoms with E-state index in [-0.39, 0.29) is 17.5 Å². The van der Waals surface area contributed by atoms with Crippen LogP contribution in [0.15, 0.2) is 78.0 Å². The molecule has 0 aliphatic carbocycles. The molecule has 0 bridgehead atoms. The van der Waals surface area contributed by atoms with Crippen LogP contribution in [0.5, 0.6) is 0 Å². The molecule has 12 nitrogen and oxygen atoms in total. The molecule has 0 spiro atoms.